The van der Waals surface area contributed by atoms with Crippen molar-refractivity contribution in [3.8, 4) is 0 Å². The second kappa shape index (κ2) is 10.8. The fraction of sp³-hybridized carbons (Fsp3) is 0.600. The molecule has 7 heteroatoms. The van der Waals surface area contributed by atoms with Crippen molar-refractivity contribution in [1.29, 1.82) is 0 Å². The van der Waals surface area contributed by atoms with Gasteiger partial charge < -0.3 is 20.1 Å². The van der Waals surface area contributed by atoms with Crippen LogP contribution in [0.15, 0.2) is 29.3 Å². The van der Waals surface area contributed by atoms with Crippen molar-refractivity contribution in [2.45, 2.75) is 38.6 Å². The minimum Gasteiger partial charge on any atom is -0.453 e. The SMILES string of the molecule is CN=C(NCc1ccc(NC(=O)OC)cc1)NCC1(CCOC)CCCC1. The molecule has 27 heavy (non-hydrogen) atoms. The fourth-order valence-corrected chi connectivity index (χ4v) is 3.51. The first-order chi connectivity index (χ1) is 13.1. The van der Waals surface area contributed by atoms with E-state index in [4.69, 9.17) is 4.74 Å². The van der Waals surface area contributed by atoms with Crippen molar-refractivity contribution >= 4 is 17.7 Å². The molecule has 0 unspecified atom stereocenters. The Morgan fingerprint density at radius 3 is 2.44 bits per heavy atom. The molecule has 0 atom stereocenters. The van der Waals surface area contributed by atoms with Gasteiger partial charge in [0.25, 0.3) is 0 Å². The van der Waals surface area contributed by atoms with Crippen LogP contribution < -0.4 is 16.0 Å². The van der Waals surface area contributed by atoms with Crippen molar-refractivity contribution in [3.63, 3.8) is 0 Å². The molecule has 1 aliphatic rings. The van der Waals surface area contributed by atoms with Crippen LogP contribution in [-0.2, 0) is 16.0 Å². The van der Waals surface area contributed by atoms with Crippen LogP contribution in [0.5, 0.6) is 0 Å². The zero-order valence-electron chi connectivity index (χ0n) is 16.6. The molecule has 2 rings (SSSR count). The Labute approximate surface area is 161 Å². The predicted molar refractivity (Wildman–Crippen MR) is 108 cm³/mol. The van der Waals surface area contributed by atoms with Crippen LogP contribution in [0, 0.1) is 5.41 Å². The van der Waals surface area contributed by atoms with Gasteiger partial charge in [0.1, 0.15) is 0 Å². The van der Waals surface area contributed by atoms with E-state index in [1.54, 1.807) is 14.2 Å². The number of nitrogens with zero attached hydrogens (tertiary/aromatic N) is 1. The molecule has 1 aromatic carbocycles. The van der Waals surface area contributed by atoms with Crippen molar-refractivity contribution in [2.24, 2.45) is 10.4 Å². The van der Waals surface area contributed by atoms with E-state index in [2.05, 4.69) is 25.7 Å². The van der Waals surface area contributed by atoms with Crippen molar-refractivity contribution in [1.82, 2.24) is 10.6 Å². The first-order valence-corrected chi connectivity index (χ1v) is 9.48. The van der Waals surface area contributed by atoms with Crippen LogP contribution in [0.2, 0.25) is 0 Å². The third-order valence-electron chi connectivity index (χ3n) is 5.20. The highest BCUT2D eigenvalue weighted by Crippen LogP contribution is 2.40. The highest BCUT2D eigenvalue weighted by atomic mass is 16.5. The van der Waals surface area contributed by atoms with E-state index in [1.807, 2.05) is 24.3 Å². The van der Waals surface area contributed by atoms with E-state index in [1.165, 1.54) is 32.8 Å². The Kier molecular flexibility index (Phi) is 8.39. The number of anilines is 1. The Morgan fingerprint density at radius 1 is 1.15 bits per heavy atom. The quantitative estimate of drug-likeness (QED) is 0.479. The lowest BCUT2D eigenvalue weighted by atomic mass is 9.83. The molecule has 1 fully saturated rings. The van der Waals surface area contributed by atoms with E-state index in [0.29, 0.717) is 17.6 Å². The fourth-order valence-electron chi connectivity index (χ4n) is 3.51. The zero-order valence-corrected chi connectivity index (χ0v) is 16.6. The molecule has 0 spiro atoms. The summed E-state index contributed by atoms with van der Waals surface area (Å²) in [4.78, 5) is 15.5. The van der Waals surface area contributed by atoms with Crippen LogP contribution >= 0.6 is 0 Å². The summed E-state index contributed by atoms with van der Waals surface area (Å²) in [6, 6.07) is 7.62. The summed E-state index contributed by atoms with van der Waals surface area (Å²) in [7, 11) is 4.90. The second-order valence-corrected chi connectivity index (χ2v) is 7.04. The van der Waals surface area contributed by atoms with Crippen LogP contribution in [0.4, 0.5) is 10.5 Å². The van der Waals surface area contributed by atoms with Crippen LogP contribution in [0.25, 0.3) is 0 Å². The normalized spacial score (nSPS) is 16.0. The number of carbonyl (C=O) groups excluding carboxylic acids is 1. The van der Waals surface area contributed by atoms with Crippen molar-refractivity contribution in [3.05, 3.63) is 29.8 Å². The largest absolute Gasteiger partial charge is 0.453 e. The predicted octanol–water partition coefficient (Wildman–Crippen LogP) is 3.13. The number of hydrogen-bond donors (Lipinski definition) is 3. The Hall–Kier alpha value is -2.28. The smallest absolute Gasteiger partial charge is 0.411 e. The summed E-state index contributed by atoms with van der Waals surface area (Å²) in [5, 5.41) is 9.48. The highest BCUT2D eigenvalue weighted by Gasteiger charge is 2.33. The number of rotatable bonds is 8. The summed E-state index contributed by atoms with van der Waals surface area (Å²) < 4.78 is 9.89. The number of hydrogen-bond acceptors (Lipinski definition) is 4. The number of ether oxygens (including phenoxy) is 2. The molecular weight excluding hydrogens is 344 g/mol. The lowest BCUT2D eigenvalue weighted by Crippen LogP contribution is -2.43. The molecule has 0 aliphatic heterocycles. The lowest BCUT2D eigenvalue weighted by molar-refractivity contribution is 0.138. The standard InChI is InChI=1S/C20H32N4O3/c1-21-18(23-15-20(12-13-26-2)10-4-5-11-20)22-14-16-6-8-17(9-7-16)24-19(25)27-3/h6-9H,4-5,10-15H2,1-3H3,(H,24,25)(H2,21,22,23). The molecular formula is C20H32N4O3. The molecule has 0 bridgehead atoms. The molecule has 1 amide bonds. The molecule has 0 heterocycles. The van der Waals surface area contributed by atoms with Gasteiger partial charge in [-0.1, -0.05) is 25.0 Å². The molecule has 0 aromatic heterocycles. The Balaban J connectivity index is 1.82. The maximum atomic E-state index is 11.2. The first kappa shape index (κ1) is 21.0. The number of methoxy groups -OCH3 is 2. The molecule has 1 aliphatic carbocycles. The Bertz CT molecular complexity index is 610. The Morgan fingerprint density at radius 2 is 1.85 bits per heavy atom. The van der Waals surface area contributed by atoms with Gasteiger partial charge in [-0.3, -0.25) is 10.3 Å². The highest BCUT2D eigenvalue weighted by molar-refractivity contribution is 5.84. The third-order valence-corrected chi connectivity index (χ3v) is 5.20. The van der Waals surface area contributed by atoms with Crippen LogP contribution in [0.1, 0.15) is 37.7 Å². The number of guanidine groups is 1. The van der Waals surface area contributed by atoms with E-state index in [0.717, 1.165) is 31.1 Å². The number of benzene rings is 1. The molecule has 0 saturated heterocycles. The summed E-state index contributed by atoms with van der Waals surface area (Å²) in [5.41, 5.74) is 2.12. The molecule has 1 saturated carbocycles. The van der Waals surface area contributed by atoms with Gasteiger partial charge in [-0.2, -0.15) is 0 Å². The molecule has 7 nitrogen and oxygen atoms in total. The second-order valence-electron chi connectivity index (χ2n) is 7.04. The lowest BCUT2D eigenvalue weighted by Gasteiger charge is -2.30. The van der Waals surface area contributed by atoms with E-state index < -0.39 is 6.09 Å². The van der Waals surface area contributed by atoms with Gasteiger partial charge in [0, 0.05) is 39.5 Å². The number of carbonyl (C=O) groups is 1. The molecule has 3 N–H and O–H groups in total. The van der Waals surface area contributed by atoms with Crippen LogP contribution in [-0.4, -0.2) is 46.5 Å². The average Bonchev–Trinajstić information content (AvgIpc) is 3.16. The van der Waals surface area contributed by atoms with Gasteiger partial charge >= 0.3 is 6.09 Å². The zero-order chi connectivity index (χ0) is 19.5. The third kappa shape index (κ3) is 6.75. The maximum Gasteiger partial charge on any atom is 0.411 e. The van der Waals surface area contributed by atoms with Gasteiger partial charge in [0.05, 0.1) is 7.11 Å². The minimum absolute atomic E-state index is 0.314. The monoisotopic (exact) mass is 376 g/mol. The summed E-state index contributed by atoms with van der Waals surface area (Å²) in [5.74, 6) is 0.801. The van der Waals surface area contributed by atoms with Gasteiger partial charge in [0.2, 0.25) is 0 Å². The number of aliphatic imine (C=N–C) groups is 1. The minimum atomic E-state index is -0.472. The van der Waals surface area contributed by atoms with Gasteiger partial charge in [-0.15, -0.1) is 0 Å². The first-order valence-electron chi connectivity index (χ1n) is 9.48. The van der Waals surface area contributed by atoms with Crippen molar-refractivity contribution < 1.29 is 14.3 Å². The van der Waals surface area contributed by atoms with Gasteiger partial charge in [-0.05, 0) is 42.4 Å². The van der Waals surface area contributed by atoms with Gasteiger partial charge in [-0.25, -0.2) is 4.79 Å². The average molecular weight is 377 g/mol. The van der Waals surface area contributed by atoms with E-state index >= 15 is 0 Å². The number of amides is 1. The number of nitrogens with one attached hydrogen (secondary N) is 3. The van der Waals surface area contributed by atoms with Crippen molar-refractivity contribution in [2.75, 3.05) is 39.7 Å². The summed E-state index contributed by atoms with van der Waals surface area (Å²) in [6.45, 7) is 2.38. The van der Waals surface area contributed by atoms with E-state index in [9.17, 15) is 4.79 Å². The molecule has 150 valence electrons. The molecule has 1 aromatic rings. The van der Waals surface area contributed by atoms with Gasteiger partial charge in [0.15, 0.2) is 5.96 Å². The van der Waals surface area contributed by atoms with E-state index in [-0.39, 0.29) is 0 Å². The molecule has 0 radical (unpaired) electrons. The summed E-state index contributed by atoms with van der Waals surface area (Å²) in [6.07, 6.45) is 5.69. The van der Waals surface area contributed by atoms with Crippen LogP contribution in [0.3, 0.4) is 0 Å². The maximum absolute atomic E-state index is 11.2. The summed E-state index contributed by atoms with van der Waals surface area (Å²) >= 11 is 0. The topological polar surface area (TPSA) is 84.0 Å².